The number of hydrogen-bond acceptors (Lipinski definition) is 5. The molecule has 2 heterocycles. The van der Waals surface area contributed by atoms with Crippen LogP contribution in [0, 0.1) is 5.82 Å². The predicted octanol–water partition coefficient (Wildman–Crippen LogP) is 3.10. The predicted molar refractivity (Wildman–Crippen MR) is 104 cm³/mol. The first-order chi connectivity index (χ1) is 13.7. The van der Waals surface area contributed by atoms with Gasteiger partial charge in [-0.1, -0.05) is 54.2 Å². The number of hydrogen-bond donors (Lipinski definition) is 0. The Kier molecular flexibility index (Phi) is 5.68. The maximum Gasteiger partial charge on any atom is 0.240 e. The second kappa shape index (κ2) is 8.53. The van der Waals surface area contributed by atoms with Crippen molar-refractivity contribution in [2.75, 3.05) is 26.3 Å². The molecule has 0 unspecified atom stereocenters. The SMILES string of the molecule is O=C([C@H](Sc1nncn1-c1ccccc1F)c1ccccc1)N1CCOCC1. The van der Waals surface area contributed by atoms with Gasteiger partial charge in [0.05, 0.1) is 18.9 Å². The topological polar surface area (TPSA) is 60.2 Å². The lowest BCUT2D eigenvalue weighted by Crippen LogP contribution is -2.42. The fourth-order valence-electron chi connectivity index (χ4n) is 3.06. The van der Waals surface area contributed by atoms with Gasteiger partial charge in [-0.05, 0) is 17.7 Å². The van der Waals surface area contributed by atoms with Gasteiger partial charge < -0.3 is 9.64 Å². The lowest BCUT2D eigenvalue weighted by molar-refractivity contribution is -0.134. The van der Waals surface area contributed by atoms with E-state index in [-0.39, 0.29) is 11.7 Å². The Hall–Kier alpha value is -2.71. The molecule has 1 aliphatic heterocycles. The summed E-state index contributed by atoms with van der Waals surface area (Å²) in [6.45, 7) is 2.18. The van der Waals surface area contributed by atoms with Crippen LogP contribution in [0.15, 0.2) is 66.1 Å². The van der Waals surface area contributed by atoms with Gasteiger partial charge in [0, 0.05) is 13.1 Å². The van der Waals surface area contributed by atoms with E-state index in [1.807, 2.05) is 30.3 Å². The lowest BCUT2D eigenvalue weighted by Gasteiger charge is -2.30. The Bertz CT molecular complexity index is 944. The van der Waals surface area contributed by atoms with Crippen LogP contribution in [0.25, 0.3) is 5.69 Å². The molecule has 1 saturated heterocycles. The summed E-state index contributed by atoms with van der Waals surface area (Å²) in [5, 5.41) is 8.03. The Morgan fingerprint density at radius 2 is 1.79 bits per heavy atom. The smallest absolute Gasteiger partial charge is 0.240 e. The molecule has 1 aromatic heterocycles. The molecule has 1 fully saturated rings. The molecule has 0 radical (unpaired) electrons. The first-order valence-electron chi connectivity index (χ1n) is 8.97. The number of benzene rings is 2. The third-order valence-corrected chi connectivity index (χ3v) is 5.70. The highest BCUT2D eigenvalue weighted by Gasteiger charge is 2.30. The minimum atomic E-state index is -0.506. The van der Waals surface area contributed by atoms with Gasteiger partial charge in [0.25, 0.3) is 0 Å². The van der Waals surface area contributed by atoms with Crippen molar-refractivity contribution >= 4 is 17.7 Å². The molecule has 6 nitrogen and oxygen atoms in total. The van der Waals surface area contributed by atoms with E-state index < -0.39 is 5.25 Å². The fourth-order valence-corrected chi connectivity index (χ4v) is 4.17. The minimum Gasteiger partial charge on any atom is -0.378 e. The molecule has 3 aromatic rings. The number of rotatable bonds is 5. The second-order valence-corrected chi connectivity index (χ2v) is 7.35. The van der Waals surface area contributed by atoms with Gasteiger partial charge in [-0.15, -0.1) is 10.2 Å². The molecule has 4 rings (SSSR count). The summed E-state index contributed by atoms with van der Waals surface area (Å²) in [4.78, 5) is 15.1. The van der Waals surface area contributed by atoms with E-state index in [1.54, 1.807) is 27.7 Å². The summed E-state index contributed by atoms with van der Waals surface area (Å²) in [6.07, 6.45) is 1.46. The third kappa shape index (κ3) is 3.93. The summed E-state index contributed by atoms with van der Waals surface area (Å²) >= 11 is 1.27. The van der Waals surface area contributed by atoms with Crippen LogP contribution in [-0.4, -0.2) is 51.9 Å². The number of aromatic nitrogens is 3. The third-order valence-electron chi connectivity index (χ3n) is 4.50. The van der Waals surface area contributed by atoms with Crippen molar-refractivity contribution < 1.29 is 13.9 Å². The van der Waals surface area contributed by atoms with Gasteiger partial charge in [-0.25, -0.2) is 4.39 Å². The Morgan fingerprint density at radius 1 is 1.07 bits per heavy atom. The number of carbonyl (C=O) groups is 1. The molecule has 144 valence electrons. The molecule has 2 aromatic carbocycles. The van der Waals surface area contributed by atoms with Gasteiger partial charge in [0.1, 0.15) is 17.4 Å². The number of halogens is 1. The van der Waals surface area contributed by atoms with Crippen molar-refractivity contribution in [3.05, 3.63) is 72.3 Å². The maximum atomic E-state index is 14.3. The molecule has 0 spiro atoms. The van der Waals surface area contributed by atoms with Crippen molar-refractivity contribution in [3.8, 4) is 5.69 Å². The van der Waals surface area contributed by atoms with Gasteiger partial charge in [-0.3, -0.25) is 9.36 Å². The van der Waals surface area contributed by atoms with Crippen molar-refractivity contribution in [3.63, 3.8) is 0 Å². The molecular formula is C20H19FN4O2S. The average Bonchev–Trinajstić information content (AvgIpc) is 3.21. The summed E-state index contributed by atoms with van der Waals surface area (Å²) < 4.78 is 21.2. The maximum absolute atomic E-state index is 14.3. The van der Waals surface area contributed by atoms with E-state index in [9.17, 15) is 9.18 Å². The molecule has 0 bridgehead atoms. The molecule has 0 N–H and O–H groups in total. The highest BCUT2D eigenvalue weighted by atomic mass is 32.2. The van der Waals surface area contributed by atoms with Crippen molar-refractivity contribution in [1.82, 2.24) is 19.7 Å². The summed E-state index contributed by atoms with van der Waals surface area (Å²) in [5.74, 6) is -0.387. The molecule has 1 aliphatic rings. The van der Waals surface area contributed by atoms with Crippen LogP contribution in [0.2, 0.25) is 0 Å². The Morgan fingerprint density at radius 3 is 2.54 bits per heavy atom. The van der Waals surface area contributed by atoms with E-state index in [1.165, 1.54) is 24.2 Å². The Labute approximate surface area is 166 Å². The van der Waals surface area contributed by atoms with Gasteiger partial charge in [-0.2, -0.15) is 0 Å². The highest BCUT2D eigenvalue weighted by Crippen LogP contribution is 2.37. The minimum absolute atomic E-state index is 0.0115. The van der Waals surface area contributed by atoms with Gasteiger partial charge in [0.2, 0.25) is 5.91 Å². The molecule has 1 amide bonds. The number of ether oxygens (including phenoxy) is 1. The fraction of sp³-hybridized carbons (Fsp3) is 0.250. The van der Waals surface area contributed by atoms with Crippen LogP contribution < -0.4 is 0 Å². The van der Waals surface area contributed by atoms with E-state index in [2.05, 4.69) is 10.2 Å². The van der Waals surface area contributed by atoms with E-state index >= 15 is 0 Å². The van der Waals surface area contributed by atoms with Gasteiger partial charge >= 0.3 is 0 Å². The first kappa shape index (κ1) is 18.6. The summed E-state index contributed by atoms with van der Waals surface area (Å²) in [7, 11) is 0. The molecule has 8 heteroatoms. The second-order valence-electron chi connectivity index (χ2n) is 6.28. The van der Waals surface area contributed by atoms with Crippen LogP contribution in [0.5, 0.6) is 0 Å². The first-order valence-corrected chi connectivity index (χ1v) is 9.85. The van der Waals surface area contributed by atoms with Crippen LogP contribution in [0.1, 0.15) is 10.8 Å². The Balaban J connectivity index is 1.67. The summed E-state index contributed by atoms with van der Waals surface area (Å²) in [5.41, 5.74) is 1.22. The number of nitrogens with zero attached hydrogens (tertiary/aromatic N) is 4. The molecule has 1 atom stereocenters. The highest BCUT2D eigenvalue weighted by molar-refractivity contribution is 8.00. The van der Waals surface area contributed by atoms with Crippen LogP contribution >= 0.6 is 11.8 Å². The summed E-state index contributed by atoms with van der Waals surface area (Å²) in [6, 6.07) is 16.0. The van der Waals surface area contributed by atoms with E-state index in [0.717, 1.165) is 5.56 Å². The van der Waals surface area contributed by atoms with E-state index in [0.29, 0.717) is 37.1 Å². The lowest BCUT2D eigenvalue weighted by atomic mass is 10.1. The molecule has 0 saturated carbocycles. The normalized spacial score (nSPS) is 15.4. The molecule has 28 heavy (non-hydrogen) atoms. The number of para-hydroxylation sites is 1. The zero-order valence-electron chi connectivity index (χ0n) is 15.1. The van der Waals surface area contributed by atoms with E-state index in [4.69, 9.17) is 4.74 Å². The monoisotopic (exact) mass is 398 g/mol. The average molecular weight is 398 g/mol. The van der Waals surface area contributed by atoms with Gasteiger partial charge in [0.15, 0.2) is 5.16 Å². The number of morpholine rings is 1. The molecular weight excluding hydrogens is 379 g/mol. The van der Waals surface area contributed by atoms with Crippen LogP contribution in [0.3, 0.4) is 0 Å². The molecule has 0 aliphatic carbocycles. The van der Waals surface area contributed by atoms with Crippen LogP contribution in [0.4, 0.5) is 4.39 Å². The zero-order valence-corrected chi connectivity index (χ0v) is 15.9. The van der Waals surface area contributed by atoms with Crippen LogP contribution in [-0.2, 0) is 9.53 Å². The standard InChI is InChI=1S/C20H19FN4O2S/c21-16-8-4-5-9-17(16)25-14-22-23-20(25)28-18(15-6-2-1-3-7-15)19(26)24-10-12-27-13-11-24/h1-9,14,18H,10-13H2/t18-/m1/s1. The van der Waals surface area contributed by atoms with Crippen molar-refractivity contribution in [2.45, 2.75) is 10.4 Å². The quantitative estimate of drug-likeness (QED) is 0.618. The largest absolute Gasteiger partial charge is 0.378 e. The number of thioether (sulfide) groups is 1. The number of carbonyl (C=O) groups excluding carboxylic acids is 1. The zero-order chi connectivity index (χ0) is 19.3. The van der Waals surface area contributed by atoms with Crippen molar-refractivity contribution in [2.24, 2.45) is 0 Å². The van der Waals surface area contributed by atoms with Crippen molar-refractivity contribution in [1.29, 1.82) is 0 Å². The number of amides is 1.